The summed E-state index contributed by atoms with van der Waals surface area (Å²) in [5.74, 6) is 0. The van der Waals surface area contributed by atoms with E-state index in [-0.39, 0.29) is 11.1 Å². The van der Waals surface area contributed by atoms with Gasteiger partial charge in [0.1, 0.15) is 5.71 Å². The third-order valence-corrected chi connectivity index (χ3v) is 3.88. The first-order chi connectivity index (χ1) is 12.7. The van der Waals surface area contributed by atoms with Crippen LogP contribution in [0.4, 0.5) is 22.7 Å². The predicted octanol–water partition coefficient (Wildman–Crippen LogP) is 2.53. The molecule has 27 heavy (non-hydrogen) atoms. The van der Waals surface area contributed by atoms with Crippen molar-refractivity contribution in [3.8, 4) is 11.1 Å². The van der Waals surface area contributed by atoms with Crippen molar-refractivity contribution in [3.05, 3.63) is 75.8 Å². The van der Waals surface area contributed by atoms with Crippen molar-refractivity contribution in [2.45, 2.75) is 0 Å². The molecule has 0 heterocycles. The van der Waals surface area contributed by atoms with E-state index in [0.29, 0.717) is 12.1 Å². The Bertz CT molecular complexity index is 1020. The molecule has 136 valence electrons. The Morgan fingerprint density at radius 3 is 1.30 bits per heavy atom. The summed E-state index contributed by atoms with van der Waals surface area (Å²) >= 11 is 0. The van der Waals surface area contributed by atoms with E-state index < -0.39 is 59.3 Å². The number of nitro benzene ring substituents is 4. The lowest BCUT2D eigenvalue weighted by Gasteiger charge is -2.03. The molecule has 14 heteroatoms. The second-order valence-corrected chi connectivity index (χ2v) is 5.25. The maximum absolute atomic E-state index is 11.4. The molecule has 0 radical (unpaired) electrons. The number of non-ortho nitro benzene ring substituents is 2. The second-order valence-electron chi connectivity index (χ2n) is 5.25. The topological polar surface area (TPSA) is 205 Å². The van der Waals surface area contributed by atoms with Crippen LogP contribution in [0.5, 0.6) is 0 Å². The fourth-order valence-electron chi connectivity index (χ4n) is 2.87. The lowest BCUT2D eigenvalue weighted by Crippen LogP contribution is -2.02. The third-order valence-electron chi connectivity index (χ3n) is 3.88. The van der Waals surface area contributed by atoms with Crippen molar-refractivity contribution >= 4 is 28.5 Å². The van der Waals surface area contributed by atoms with Crippen LogP contribution in [0.15, 0.2) is 29.4 Å². The molecule has 2 aromatic carbocycles. The van der Waals surface area contributed by atoms with Crippen LogP contribution in [0.1, 0.15) is 11.1 Å². The minimum atomic E-state index is -0.985. The fraction of sp³-hybridized carbons (Fsp3) is 0. The van der Waals surface area contributed by atoms with Crippen LogP contribution >= 0.6 is 0 Å². The molecule has 0 aromatic heterocycles. The summed E-state index contributed by atoms with van der Waals surface area (Å²) in [5.41, 5.74) is -5.03. The number of rotatable bonds is 4. The first-order valence-corrected chi connectivity index (χ1v) is 6.84. The molecule has 14 nitrogen and oxygen atoms in total. The maximum atomic E-state index is 11.4. The highest BCUT2D eigenvalue weighted by atomic mass is 16.6. The lowest BCUT2D eigenvalue weighted by atomic mass is 10.0. The van der Waals surface area contributed by atoms with Gasteiger partial charge in [0.05, 0.1) is 43.0 Å². The monoisotopic (exact) mass is 375 g/mol. The van der Waals surface area contributed by atoms with Gasteiger partial charge in [0, 0.05) is 23.3 Å². The summed E-state index contributed by atoms with van der Waals surface area (Å²) in [4.78, 5) is 41.1. The van der Waals surface area contributed by atoms with E-state index in [9.17, 15) is 45.7 Å². The molecule has 0 saturated carbocycles. The number of hydrogen-bond donors (Lipinski definition) is 1. The Kier molecular flexibility index (Phi) is 3.72. The maximum Gasteiger partial charge on any atom is 0.285 e. The molecule has 0 bridgehead atoms. The molecule has 0 amide bonds. The van der Waals surface area contributed by atoms with E-state index >= 15 is 0 Å². The standard InChI is InChI=1S/C13H5N5O9/c19-14-13-7-1-5(15(20)21)3-9(17(24)25)11(7)12-8(13)2-6(16(22)23)4-10(12)18(26)27/h1-4,19H. The highest BCUT2D eigenvalue weighted by molar-refractivity contribution is 6.27. The molecule has 3 rings (SSSR count). The highest BCUT2D eigenvalue weighted by Gasteiger charge is 2.41. The molecule has 0 fully saturated rings. The summed E-state index contributed by atoms with van der Waals surface area (Å²) in [6.07, 6.45) is 0. The number of nitrogens with zero attached hydrogens (tertiary/aromatic N) is 5. The van der Waals surface area contributed by atoms with Crippen molar-refractivity contribution in [2.24, 2.45) is 5.16 Å². The van der Waals surface area contributed by atoms with Crippen LogP contribution in [-0.4, -0.2) is 30.6 Å². The van der Waals surface area contributed by atoms with Gasteiger partial charge in [-0.15, -0.1) is 0 Å². The smallest absolute Gasteiger partial charge is 0.285 e. The molecular weight excluding hydrogens is 370 g/mol. The SMILES string of the molecule is O=[N+]([O-])c1cc2c(c([N+](=O)[O-])c1)-c1c(cc([N+](=O)[O-])cc1[N+](=O)[O-])C2=NO. The Morgan fingerprint density at radius 1 is 0.667 bits per heavy atom. The Balaban J connectivity index is 2.53. The third kappa shape index (κ3) is 2.48. The number of hydrogen-bond acceptors (Lipinski definition) is 10. The minimum absolute atomic E-state index is 0.322. The fourth-order valence-corrected chi connectivity index (χ4v) is 2.87. The van der Waals surface area contributed by atoms with Gasteiger partial charge in [-0.3, -0.25) is 40.5 Å². The normalized spacial score (nSPS) is 11.5. The van der Waals surface area contributed by atoms with Gasteiger partial charge in [0.2, 0.25) is 0 Å². The average Bonchev–Trinajstić information content (AvgIpc) is 2.92. The highest BCUT2D eigenvalue weighted by Crippen LogP contribution is 2.49. The van der Waals surface area contributed by atoms with Gasteiger partial charge >= 0.3 is 0 Å². The zero-order valence-corrected chi connectivity index (χ0v) is 12.8. The van der Waals surface area contributed by atoms with Crippen molar-refractivity contribution in [3.63, 3.8) is 0 Å². The largest absolute Gasteiger partial charge is 0.410 e. The van der Waals surface area contributed by atoms with E-state index in [0.717, 1.165) is 12.1 Å². The van der Waals surface area contributed by atoms with Crippen LogP contribution in [-0.2, 0) is 0 Å². The van der Waals surface area contributed by atoms with E-state index in [4.69, 9.17) is 0 Å². The first-order valence-electron chi connectivity index (χ1n) is 6.84. The van der Waals surface area contributed by atoms with Crippen LogP contribution in [0, 0.1) is 40.5 Å². The number of nitro groups is 4. The molecule has 1 aliphatic rings. The lowest BCUT2D eigenvalue weighted by molar-refractivity contribution is -0.395. The minimum Gasteiger partial charge on any atom is -0.410 e. The van der Waals surface area contributed by atoms with Gasteiger partial charge in [-0.1, -0.05) is 5.16 Å². The molecule has 0 saturated heterocycles. The average molecular weight is 375 g/mol. The summed E-state index contributed by atoms with van der Waals surface area (Å²) in [5, 5.41) is 57.1. The molecule has 2 aromatic rings. The van der Waals surface area contributed by atoms with Crippen LogP contribution < -0.4 is 0 Å². The van der Waals surface area contributed by atoms with E-state index in [1.54, 1.807) is 0 Å². The second kappa shape index (κ2) is 5.80. The molecule has 0 spiro atoms. The van der Waals surface area contributed by atoms with Gasteiger partial charge in [-0.05, 0) is 0 Å². The van der Waals surface area contributed by atoms with Crippen molar-refractivity contribution in [1.29, 1.82) is 0 Å². The first kappa shape index (κ1) is 17.3. The summed E-state index contributed by atoms with van der Waals surface area (Å²) in [6, 6.07) is 2.89. The molecule has 1 N–H and O–H groups in total. The van der Waals surface area contributed by atoms with Crippen molar-refractivity contribution in [2.75, 3.05) is 0 Å². The number of oxime groups is 1. The van der Waals surface area contributed by atoms with Gasteiger partial charge in [-0.2, -0.15) is 0 Å². The van der Waals surface area contributed by atoms with Crippen LogP contribution in [0.2, 0.25) is 0 Å². The number of fused-ring (bicyclic) bond motifs is 3. The van der Waals surface area contributed by atoms with E-state index in [2.05, 4.69) is 5.16 Å². The molecule has 0 aliphatic heterocycles. The Hall–Kier alpha value is -4.49. The summed E-state index contributed by atoms with van der Waals surface area (Å²) in [6.45, 7) is 0. The Morgan fingerprint density at radius 2 is 1.04 bits per heavy atom. The zero-order chi connectivity index (χ0) is 20.0. The molecule has 1 aliphatic carbocycles. The van der Waals surface area contributed by atoms with Gasteiger partial charge < -0.3 is 5.21 Å². The predicted molar refractivity (Wildman–Crippen MR) is 85.9 cm³/mol. The Labute approximate surface area is 146 Å². The quantitative estimate of drug-likeness (QED) is 0.403. The zero-order valence-electron chi connectivity index (χ0n) is 12.8. The van der Waals surface area contributed by atoms with Crippen LogP contribution in [0.3, 0.4) is 0 Å². The number of benzene rings is 2. The van der Waals surface area contributed by atoms with Gasteiger partial charge in [0.15, 0.2) is 0 Å². The molecular formula is C13H5N5O9. The van der Waals surface area contributed by atoms with Crippen molar-refractivity contribution < 1.29 is 24.9 Å². The van der Waals surface area contributed by atoms with Crippen molar-refractivity contribution in [1.82, 2.24) is 0 Å². The van der Waals surface area contributed by atoms with E-state index in [1.807, 2.05) is 0 Å². The van der Waals surface area contributed by atoms with E-state index in [1.165, 1.54) is 0 Å². The molecule has 0 atom stereocenters. The van der Waals surface area contributed by atoms with Gasteiger partial charge in [-0.25, -0.2) is 0 Å². The summed E-state index contributed by atoms with van der Waals surface area (Å²) in [7, 11) is 0. The summed E-state index contributed by atoms with van der Waals surface area (Å²) < 4.78 is 0. The van der Waals surface area contributed by atoms with Gasteiger partial charge in [0.25, 0.3) is 22.7 Å². The van der Waals surface area contributed by atoms with Crippen LogP contribution in [0.25, 0.3) is 11.1 Å². The molecule has 0 unspecified atom stereocenters.